The van der Waals surface area contributed by atoms with Gasteiger partial charge in [0.25, 0.3) is 0 Å². The van der Waals surface area contributed by atoms with Gasteiger partial charge < -0.3 is 0 Å². The Hall–Kier alpha value is -5.04. The number of rotatable bonds is 12. The van der Waals surface area contributed by atoms with Crippen LogP contribution < -0.4 is 0 Å². The Labute approximate surface area is 396 Å². The zero-order chi connectivity index (χ0) is 41.5. The Morgan fingerprint density at radius 3 is 0.517 bits per heavy atom. The molecule has 0 spiro atoms. The van der Waals surface area contributed by atoms with E-state index >= 15 is 0 Å². The van der Waals surface area contributed by atoms with Gasteiger partial charge in [0.1, 0.15) is 0 Å². The van der Waals surface area contributed by atoms with Crippen molar-refractivity contribution in [3.05, 3.63) is 252 Å². The molecule has 0 unspecified atom stereocenters. The topological polar surface area (TPSA) is 51.2 Å². The average molecular weight is 1040 g/mol. The molecule has 0 saturated heterocycles. The molecule has 6 rings (SSSR count). The molecule has 8 heteroatoms. The van der Waals surface area contributed by atoms with Gasteiger partial charge in [0.2, 0.25) is 0 Å². The number of carbonyl (C=O) groups excluding carboxylic acids is 3. The van der Waals surface area contributed by atoms with Crippen LogP contribution in [0.15, 0.2) is 218 Å². The van der Waals surface area contributed by atoms with Gasteiger partial charge in [0.05, 0.1) is 0 Å². The van der Waals surface area contributed by atoms with Gasteiger partial charge >= 0.3 is 40.8 Å². The molecule has 0 aliphatic heterocycles. The molecule has 6 aromatic carbocycles. The van der Waals surface area contributed by atoms with Crippen LogP contribution >= 0.6 is 34.8 Å². The third kappa shape index (κ3) is 26.9. The van der Waals surface area contributed by atoms with Crippen LogP contribution in [0, 0.1) is 0 Å². The minimum Gasteiger partial charge on any atom is -0.290 e. The summed E-state index contributed by atoms with van der Waals surface area (Å²) in [5.74, 6) is -0.0341. The van der Waals surface area contributed by atoms with Crippen molar-refractivity contribution in [3.63, 3.8) is 0 Å². The first-order valence-electron chi connectivity index (χ1n) is 18.2. The number of benzene rings is 6. The Kier molecular flexibility index (Phi) is 29.8. The van der Waals surface area contributed by atoms with Crippen molar-refractivity contribution >= 4 is 88.6 Å². The number of ketones is 3. The van der Waals surface area contributed by atoms with Gasteiger partial charge in [-0.15, -0.1) is 0 Å². The molecule has 0 aliphatic rings. The molecule has 0 N–H and O–H groups in total. The van der Waals surface area contributed by atoms with Crippen LogP contribution in [-0.4, -0.2) is 21.6 Å². The first-order valence-corrected chi connectivity index (χ1v) is 19.5. The van der Waals surface area contributed by atoms with Crippen molar-refractivity contribution in [3.8, 4) is 0 Å². The van der Waals surface area contributed by atoms with Gasteiger partial charge in [-0.3, -0.25) is 14.4 Å². The molecule has 6 aromatic rings. The maximum Gasteiger partial charge on any atom is 2.00 e. The summed E-state index contributed by atoms with van der Waals surface area (Å²) in [5, 5.41) is 0. The molecule has 306 valence electrons. The van der Waals surface area contributed by atoms with E-state index in [1.807, 2.05) is 218 Å². The van der Waals surface area contributed by atoms with E-state index in [1.54, 1.807) is 36.5 Å². The second kappa shape index (κ2) is 33.8. The fourth-order valence-electron chi connectivity index (χ4n) is 4.62. The number of hydrogen-bond acceptors (Lipinski definition) is 3. The Balaban J connectivity index is 0.000000423. The molecule has 0 radical (unpaired) electrons. The molecule has 0 aliphatic carbocycles. The van der Waals surface area contributed by atoms with E-state index in [9.17, 15) is 14.4 Å². The van der Waals surface area contributed by atoms with Crippen LogP contribution in [0.1, 0.15) is 33.4 Å². The summed E-state index contributed by atoms with van der Waals surface area (Å²) in [6.45, 7) is 0. The standard InChI is InChI=1S/3C17H14O.CHCl3.2Pd/c3*18-17(13-11-15-7-3-1-4-8-15)14-12-16-9-5-2-6-10-16;2-1(3)4;;/h3*1-14H;1H;;/q;;;;2*+2/b3*13-11+,14-12+;;;. The van der Waals surface area contributed by atoms with Crippen LogP contribution in [0.4, 0.5) is 0 Å². The normalized spacial score (nSPS) is 10.6. The van der Waals surface area contributed by atoms with Crippen LogP contribution in [0.2, 0.25) is 0 Å². The minimum absolute atomic E-state index is 0. The van der Waals surface area contributed by atoms with Crippen molar-refractivity contribution < 1.29 is 55.2 Å². The second-order valence-corrected chi connectivity index (χ2v) is 13.9. The van der Waals surface area contributed by atoms with E-state index in [2.05, 4.69) is 0 Å². The monoisotopic (exact) mass is 1030 g/mol. The summed E-state index contributed by atoms with van der Waals surface area (Å²) in [4.78, 5) is 34.8. The molecular weight excluding hydrogens is 992 g/mol. The molecule has 0 aromatic heterocycles. The summed E-state index contributed by atoms with van der Waals surface area (Å²) in [7, 11) is 0. The van der Waals surface area contributed by atoms with E-state index in [0.29, 0.717) is 0 Å². The number of halogens is 3. The second-order valence-electron chi connectivity index (χ2n) is 11.9. The molecule has 0 fully saturated rings. The molecule has 0 bridgehead atoms. The summed E-state index contributed by atoms with van der Waals surface area (Å²) >= 11 is 14.4. The predicted molar refractivity (Wildman–Crippen MR) is 249 cm³/mol. The fourth-order valence-corrected chi connectivity index (χ4v) is 4.62. The van der Waals surface area contributed by atoms with Gasteiger partial charge in [-0.25, -0.2) is 0 Å². The third-order valence-electron chi connectivity index (χ3n) is 7.44. The van der Waals surface area contributed by atoms with Gasteiger partial charge in [-0.2, -0.15) is 0 Å². The number of hydrogen-bond donors (Lipinski definition) is 0. The first kappa shape index (κ1) is 53.0. The van der Waals surface area contributed by atoms with E-state index in [0.717, 1.165) is 33.4 Å². The molecule has 0 amide bonds. The van der Waals surface area contributed by atoms with E-state index in [1.165, 1.54) is 0 Å². The minimum atomic E-state index is -0.750. The predicted octanol–water partition coefficient (Wildman–Crippen LogP) is 13.9. The Bertz CT molecular complexity index is 1830. The van der Waals surface area contributed by atoms with E-state index < -0.39 is 4.30 Å². The quantitative estimate of drug-likeness (QED) is 0.0697. The number of carbonyl (C=O) groups is 3. The maximum atomic E-state index is 11.6. The van der Waals surface area contributed by atoms with Gasteiger partial charge in [0.15, 0.2) is 21.6 Å². The van der Waals surface area contributed by atoms with Crippen molar-refractivity contribution in [2.24, 2.45) is 0 Å². The van der Waals surface area contributed by atoms with Gasteiger partial charge in [-0.1, -0.05) is 253 Å². The molecule has 0 atom stereocenters. The molecular formula is C52H43Cl3O3Pd2+4. The van der Waals surface area contributed by atoms with Crippen LogP contribution in [0.25, 0.3) is 36.5 Å². The molecule has 60 heavy (non-hydrogen) atoms. The zero-order valence-corrected chi connectivity index (χ0v) is 37.7. The molecule has 0 heterocycles. The summed E-state index contributed by atoms with van der Waals surface area (Å²) < 4.78 is -0.750. The fraction of sp³-hybridized carbons (Fsp3) is 0.0192. The molecule has 3 nitrogen and oxygen atoms in total. The SMILES string of the molecule is ClC(Cl)Cl.O=C(/C=C/c1ccccc1)/C=C/c1ccccc1.O=C(/C=C/c1ccccc1)/C=C/c1ccccc1.O=C(/C=C/c1ccccc1)/C=C/c1ccccc1.[Pd+2].[Pd+2]. The number of alkyl halides is 3. The Morgan fingerprint density at radius 1 is 0.283 bits per heavy atom. The van der Waals surface area contributed by atoms with Crippen molar-refractivity contribution in [1.29, 1.82) is 0 Å². The summed E-state index contributed by atoms with van der Waals surface area (Å²) in [5.41, 5.74) is 6.16. The van der Waals surface area contributed by atoms with Gasteiger partial charge in [-0.05, 0) is 69.8 Å². The van der Waals surface area contributed by atoms with Crippen LogP contribution in [0.3, 0.4) is 0 Å². The van der Waals surface area contributed by atoms with E-state index in [-0.39, 0.29) is 58.2 Å². The summed E-state index contributed by atoms with van der Waals surface area (Å²) in [6.07, 6.45) is 20.4. The van der Waals surface area contributed by atoms with Gasteiger partial charge in [0, 0.05) is 0 Å². The molecule has 0 saturated carbocycles. The third-order valence-corrected chi connectivity index (χ3v) is 7.44. The maximum absolute atomic E-state index is 11.6. The summed E-state index contributed by atoms with van der Waals surface area (Å²) in [6, 6.07) is 58.7. The number of allylic oxidation sites excluding steroid dienone is 6. The zero-order valence-electron chi connectivity index (χ0n) is 32.3. The largest absolute Gasteiger partial charge is 2.00 e. The van der Waals surface area contributed by atoms with Crippen molar-refractivity contribution in [2.45, 2.75) is 4.30 Å². The van der Waals surface area contributed by atoms with Crippen molar-refractivity contribution in [1.82, 2.24) is 0 Å². The van der Waals surface area contributed by atoms with Crippen LogP contribution in [-0.2, 0) is 55.2 Å². The first-order chi connectivity index (χ1) is 28.3. The average Bonchev–Trinajstić information content (AvgIpc) is 3.27. The Morgan fingerprint density at radius 2 is 0.400 bits per heavy atom. The van der Waals surface area contributed by atoms with E-state index in [4.69, 9.17) is 34.8 Å². The van der Waals surface area contributed by atoms with Crippen LogP contribution in [0.5, 0.6) is 0 Å². The smallest absolute Gasteiger partial charge is 0.290 e. The van der Waals surface area contributed by atoms with Crippen molar-refractivity contribution in [2.75, 3.05) is 0 Å².